The van der Waals surface area contributed by atoms with Crippen LogP contribution in [0.15, 0.2) is 0 Å². The van der Waals surface area contributed by atoms with Gasteiger partial charge in [0.1, 0.15) is 18.8 Å². The molecule has 1 N–H and O–H groups in total. The molecule has 1 saturated heterocycles. The van der Waals surface area contributed by atoms with E-state index >= 15 is 0 Å². The summed E-state index contributed by atoms with van der Waals surface area (Å²) in [6, 6.07) is 0. The third-order valence-corrected chi connectivity index (χ3v) is 4.32. The Morgan fingerprint density at radius 2 is 1.56 bits per heavy atom. The van der Waals surface area contributed by atoms with Crippen molar-refractivity contribution in [3.8, 4) is 0 Å². The van der Waals surface area contributed by atoms with E-state index in [0.717, 1.165) is 0 Å². The van der Waals surface area contributed by atoms with Crippen molar-refractivity contribution in [2.24, 2.45) is 11.8 Å². The van der Waals surface area contributed by atoms with E-state index in [1.165, 1.54) is 13.8 Å². The van der Waals surface area contributed by atoms with E-state index in [9.17, 15) is 9.59 Å². The standard InChI is InChI=1S/C18H32O9/c1-12-13(2)18(24-10-9-23-8-7-22-6-5-19)27-16(11-25-14(3)20)17(12)26-15(4)21/h12-13,16-19H,5-11H2,1-4H3. The number of esters is 2. The Labute approximate surface area is 160 Å². The van der Waals surface area contributed by atoms with Crippen molar-refractivity contribution in [2.45, 2.75) is 46.2 Å². The predicted octanol–water partition coefficient (Wildman–Crippen LogP) is 0.520. The van der Waals surface area contributed by atoms with Gasteiger partial charge in [0, 0.05) is 25.7 Å². The van der Waals surface area contributed by atoms with Gasteiger partial charge in [0.05, 0.1) is 39.6 Å². The fourth-order valence-electron chi connectivity index (χ4n) is 2.77. The van der Waals surface area contributed by atoms with E-state index in [0.29, 0.717) is 33.0 Å². The highest BCUT2D eigenvalue weighted by molar-refractivity contribution is 5.66. The molecule has 27 heavy (non-hydrogen) atoms. The zero-order chi connectivity index (χ0) is 20.2. The summed E-state index contributed by atoms with van der Waals surface area (Å²) in [6.45, 7) is 8.32. The second-order valence-electron chi connectivity index (χ2n) is 6.46. The van der Waals surface area contributed by atoms with Gasteiger partial charge < -0.3 is 33.5 Å². The van der Waals surface area contributed by atoms with Gasteiger partial charge in [0.25, 0.3) is 0 Å². The van der Waals surface area contributed by atoms with Crippen LogP contribution in [0.1, 0.15) is 27.7 Å². The van der Waals surface area contributed by atoms with Crippen molar-refractivity contribution in [3.63, 3.8) is 0 Å². The second-order valence-corrected chi connectivity index (χ2v) is 6.46. The average Bonchev–Trinajstić information content (AvgIpc) is 2.61. The first kappa shape index (κ1) is 23.8. The van der Waals surface area contributed by atoms with Gasteiger partial charge in [-0.1, -0.05) is 13.8 Å². The van der Waals surface area contributed by atoms with Crippen molar-refractivity contribution in [2.75, 3.05) is 46.2 Å². The molecule has 1 aliphatic heterocycles. The van der Waals surface area contributed by atoms with E-state index in [1.807, 2.05) is 13.8 Å². The lowest BCUT2D eigenvalue weighted by Gasteiger charge is -2.43. The molecule has 1 aliphatic rings. The minimum Gasteiger partial charge on any atom is -0.463 e. The van der Waals surface area contributed by atoms with E-state index in [1.54, 1.807) is 0 Å². The fraction of sp³-hybridized carbons (Fsp3) is 0.889. The summed E-state index contributed by atoms with van der Waals surface area (Å²) in [4.78, 5) is 22.5. The molecule has 0 aromatic heterocycles. The van der Waals surface area contributed by atoms with Crippen LogP contribution in [0.2, 0.25) is 0 Å². The number of hydrogen-bond acceptors (Lipinski definition) is 9. The molecular weight excluding hydrogens is 360 g/mol. The van der Waals surface area contributed by atoms with Crippen LogP contribution in [0.5, 0.6) is 0 Å². The molecule has 158 valence electrons. The molecule has 5 unspecified atom stereocenters. The van der Waals surface area contributed by atoms with Crippen LogP contribution < -0.4 is 0 Å². The van der Waals surface area contributed by atoms with Crippen LogP contribution in [-0.4, -0.2) is 81.8 Å². The van der Waals surface area contributed by atoms with E-state index < -0.39 is 30.4 Å². The maximum atomic E-state index is 11.4. The fourth-order valence-corrected chi connectivity index (χ4v) is 2.77. The molecule has 0 saturated carbocycles. The first-order valence-electron chi connectivity index (χ1n) is 9.20. The van der Waals surface area contributed by atoms with Crippen molar-refractivity contribution in [1.29, 1.82) is 0 Å². The summed E-state index contributed by atoms with van der Waals surface area (Å²) < 4.78 is 32.6. The number of aliphatic hydroxyl groups is 1. The summed E-state index contributed by atoms with van der Waals surface area (Å²) in [5.41, 5.74) is 0. The number of carbonyl (C=O) groups is 2. The lowest BCUT2D eigenvalue weighted by Crippen LogP contribution is -2.53. The second kappa shape index (κ2) is 13.0. The number of hydrogen-bond donors (Lipinski definition) is 1. The maximum Gasteiger partial charge on any atom is 0.303 e. The van der Waals surface area contributed by atoms with Crippen molar-refractivity contribution in [3.05, 3.63) is 0 Å². The Morgan fingerprint density at radius 1 is 0.926 bits per heavy atom. The number of ether oxygens (including phenoxy) is 6. The molecule has 0 spiro atoms. The van der Waals surface area contributed by atoms with Crippen LogP contribution in [-0.2, 0) is 38.0 Å². The van der Waals surface area contributed by atoms with Gasteiger partial charge >= 0.3 is 11.9 Å². The Morgan fingerprint density at radius 3 is 2.15 bits per heavy atom. The maximum absolute atomic E-state index is 11.4. The summed E-state index contributed by atoms with van der Waals surface area (Å²) in [5, 5.41) is 8.60. The highest BCUT2D eigenvalue weighted by Gasteiger charge is 2.44. The molecule has 0 radical (unpaired) electrons. The van der Waals surface area contributed by atoms with Crippen molar-refractivity contribution < 1.29 is 43.1 Å². The lowest BCUT2D eigenvalue weighted by atomic mass is 9.84. The molecule has 0 bridgehead atoms. The number of aliphatic hydroxyl groups excluding tert-OH is 1. The topological polar surface area (TPSA) is 110 Å². The predicted molar refractivity (Wildman–Crippen MR) is 93.9 cm³/mol. The number of rotatable bonds is 12. The van der Waals surface area contributed by atoms with Gasteiger partial charge in [0.15, 0.2) is 6.29 Å². The first-order chi connectivity index (χ1) is 12.9. The Hall–Kier alpha value is -1.26. The van der Waals surface area contributed by atoms with Gasteiger partial charge in [0.2, 0.25) is 0 Å². The quantitative estimate of drug-likeness (QED) is 0.375. The van der Waals surface area contributed by atoms with Crippen molar-refractivity contribution in [1.82, 2.24) is 0 Å². The van der Waals surface area contributed by atoms with Crippen LogP contribution in [0.3, 0.4) is 0 Å². The summed E-state index contributed by atoms with van der Waals surface area (Å²) in [7, 11) is 0. The number of carbonyl (C=O) groups excluding carboxylic acids is 2. The molecule has 0 amide bonds. The Bertz CT molecular complexity index is 443. The van der Waals surface area contributed by atoms with E-state index in [-0.39, 0.29) is 25.0 Å². The molecule has 0 aromatic rings. The normalized spacial score (nSPS) is 28.0. The zero-order valence-corrected chi connectivity index (χ0v) is 16.5. The van der Waals surface area contributed by atoms with Gasteiger partial charge in [-0.05, 0) is 0 Å². The van der Waals surface area contributed by atoms with E-state index in [4.69, 9.17) is 33.5 Å². The largest absolute Gasteiger partial charge is 0.463 e. The highest BCUT2D eigenvalue weighted by Crippen LogP contribution is 2.33. The van der Waals surface area contributed by atoms with Gasteiger partial charge in [-0.3, -0.25) is 9.59 Å². The third kappa shape index (κ3) is 8.98. The van der Waals surface area contributed by atoms with Crippen molar-refractivity contribution >= 4 is 11.9 Å². The molecular formula is C18H32O9. The smallest absolute Gasteiger partial charge is 0.303 e. The zero-order valence-electron chi connectivity index (χ0n) is 16.5. The molecule has 9 heteroatoms. The van der Waals surface area contributed by atoms with Gasteiger partial charge in [-0.15, -0.1) is 0 Å². The molecule has 9 nitrogen and oxygen atoms in total. The lowest BCUT2D eigenvalue weighted by molar-refractivity contribution is -0.275. The average molecular weight is 392 g/mol. The first-order valence-corrected chi connectivity index (χ1v) is 9.20. The third-order valence-electron chi connectivity index (χ3n) is 4.32. The summed E-state index contributed by atoms with van der Waals surface area (Å²) in [5.74, 6) is -0.913. The SMILES string of the molecule is CC(=O)OCC1OC(OCCOCCOCCO)C(C)C(C)C1OC(C)=O. The Kier molecular flexibility index (Phi) is 11.5. The molecule has 1 rings (SSSR count). The van der Waals surface area contributed by atoms with E-state index in [2.05, 4.69) is 0 Å². The molecule has 1 heterocycles. The monoisotopic (exact) mass is 392 g/mol. The van der Waals surface area contributed by atoms with Gasteiger partial charge in [-0.2, -0.15) is 0 Å². The molecule has 0 aliphatic carbocycles. The van der Waals surface area contributed by atoms with Gasteiger partial charge in [-0.25, -0.2) is 0 Å². The van der Waals surface area contributed by atoms with Crippen LogP contribution in [0.4, 0.5) is 0 Å². The molecule has 5 atom stereocenters. The van der Waals surface area contributed by atoms with Crippen LogP contribution in [0.25, 0.3) is 0 Å². The molecule has 0 aromatic carbocycles. The van der Waals surface area contributed by atoms with Crippen LogP contribution >= 0.6 is 0 Å². The summed E-state index contributed by atoms with van der Waals surface area (Å²) >= 11 is 0. The minimum absolute atomic E-state index is 0.0110. The summed E-state index contributed by atoms with van der Waals surface area (Å²) in [6.07, 6.45) is -1.64. The minimum atomic E-state index is -0.596. The van der Waals surface area contributed by atoms with Crippen LogP contribution in [0, 0.1) is 11.8 Å². The highest BCUT2D eigenvalue weighted by atomic mass is 16.7. The molecule has 1 fully saturated rings. The Balaban J connectivity index is 2.47.